The molecule has 0 fully saturated rings. The number of hydrogen-bond donors (Lipinski definition) is 2. The zero-order valence-corrected chi connectivity index (χ0v) is 11.7. The number of nitrogens with two attached hydrogens (primary N) is 1. The van der Waals surface area contributed by atoms with E-state index < -0.39 is 6.04 Å². The van der Waals surface area contributed by atoms with E-state index in [0.717, 1.165) is 11.3 Å². The highest BCUT2D eigenvalue weighted by molar-refractivity contribution is 5.25. The van der Waals surface area contributed by atoms with Crippen molar-refractivity contribution in [3.05, 3.63) is 77.6 Å². The lowest BCUT2D eigenvalue weighted by Gasteiger charge is -2.07. The van der Waals surface area contributed by atoms with Gasteiger partial charge in [-0.15, -0.1) is 0 Å². The van der Waals surface area contributed by atoms with Gasteiger partial charge in [0, 0.05) is 0 Å². The van der Waals surface area contributed by atoms with Gasteiger partial charge in [-0.2, -0.15) is 5.10 Å². The first kappa shape index (κ1) is 14.2. The number of aromatic amines is 1. The van der Waals surface area contributed by atoms with Crippen molar-refractivity contribution in [2.24, 2.45) is 5.73 Å². The molecule has 1 atom stereocenters. The third-order valence-electron chi connectivity index (χ3n) is 3.18. The molecular formula is C16H15FN4O. The van der Waals surface area contributed by atoms with Crippen molar-refractivity contribution in [1.82, 2.24) is 15.2 Å². The standard InChI is InChI=1S/C16H15FN4O/c17-12-8-6-11(7-9-12)15(18)16-19-14(20-21-16)10-22-13-4-2-1-3-5-13/h1-9,15H,10,18H2,(H,19,20,21)/t15-/m1/s1. The van der Waals surface area contributed by atoms with E-state index in [1.807, 2.05) is 30.3 Å². The minimum Gasteiger partial charge on any atom is -0.486 e. The number of halogens is 1. The third-order valence-corrected chi connectivity index (χ3v) is 3.18. The van der Waals surface area contributed by atoms with Crippen LogP contribution in [0.5, 0.6) is 5.75 Å². The molecule has 0 aliphatic carbocycles. The van der Waals surface area contributed by atoms with Crippen LogP contribution in [-0.4, -0.2) is 15.2 Å². The van der Waals surface area contributed by atoms with Gasteiger partial charge in [0.15, 0.2) is 11.6 Å². The van der Waals surface area contributed by atoms with E-state index in [2.05, 4.69) is 15.2 Å². The number of nitrogens with one attached hydrogen (secondary N) is 1. The van der Waals surface area contributed by atoms with Gasteiger partial charge in [0.05, 0.1) is 6.04 Å². The molecule has 0 spiro atoms. The number of benzene rings is 2. The molecule has 5 nitrogen and oxygen atoms in total. The smallest absolute Gasteiger partial charge is 0.172 e. The zero-order valence-electron chi connectivity index (χ0n) is 11.7. The van der Waals surface area contributed by atoms with Crippen LogP contribution in [0.2, 0.25) is 0 Å². The van der Waals surface area contributed by atoms with Crippen molar-refractivity contribution in [3.63, 3.8) is 0 Å². The van der Waals surface area contributed by atoms with Crippen LogP contribution < -0.4 is 10.5 Å². The van der Waals surface area contributed by atoms with Gasteiger partial charge in [0.25, 0.3) is 0 Å². The van der Waals surface area contributed by atoms with Crippen LogP contribution in [0.3, 0.4) is 0 Å². The summed E-state index contributed by atoms with van der Waals surface area (Å²) in [6.07, 6.45) is 0. The Hall–Kier alpha value is -2.73. The Morgan fingerprint density at radius 3 is 2.55 bits per heavy atom. The fourth-order valence-corrected chi connectivity index (χ4v) is 2.00. The van der Waals surface area contributed by atoms with E-state index >= 15 is 0 Å². The Morgan fingerprint density at radius 1 is 1.09 bits per heavy atom. The van der Waals surface area contributed by atoms with E-state index in [1.165, 1.54) is 12.1 Å². The first-order valence-corrected chi connectivity index (χ1v) is 6.82. The number of nitrogens with zero attached hydrogens (tertiary/aromatic N) is 2. The van der Waals surface area contributed by atoms with Gasteiger partial charge in [0.1, 0.15) is 18.2 Å². The maximum absolute atomic E-state index is 12.9. The lowest BCUT2D eigenvalue weighted by molar-refractivity contribution is 0.296. The Balaban J connectivity index is 1.66. The molecule has 3 rings (SSSR count). The molecule has 1 aromatic heterocycles. The molecule has 0 aliphatic heterocycles. The molecule has 2 aromatic carbocycles. The van der Waals surface area contributed by atoms with Crippen molar-refractivity contribution in [1.29, 1.82) is 0 Å². The van der Waals surface area contributed by atoms with Gasteiger partial charge in [0.2, 0.25) is 0 Å². The molecule has 112 valence electrons. The van der Waals surface area contributed by atoms with Crippen LogP contribution in [0, 0.1) is 5.82 Å². The first-order chi connectivity index (χ1) is 10.7. The summed E-state index contributed by atoms with van der Waals surface area (Å²) in [7, 11) is 0. The van der Waals surface area contributed by atoms with E-state index in [4.69, 9.17) is 10.5 Å². The average Bonchev–Trinajstić information content (AvgIpc) is 3.03. The van der Waals surface area contributed by atoms with Crippen molar-refractivity contribution in [2.75, 3.05) is 0 Å². The van der Waals surface area contributed by atoms with Gasteiger partial charge in [-0.1, -0.05) is 30.3 Å². The highest BCUT2D eigenvalue weighted by atomic mass is 19.1. The zero-order chi connectivity index (χ0) is 15.4. The summed E-state index contributed by atoms with van der Waals surface area (Å²) in [6.45, 7) is 0.271. The SMILES string of the molecule is N[C@H](c1ccc(F)cc1)c1n[nH]c(COc2ccccc2)n1. The van der Waals surface area contributed by atoms with Crippen LogP contribution in [-0.2, 0) is 6.61 Å². The first-order valence-electron chi connectivity index (χ1n) is 6.82. The summed E-state index contributed by atoms with van der Waals surface area (Å²) in [5.74, 6) is 1.47. The molecule has 0 radical (unpaired) electrons. The number of hydrogen-bond acceptors (Lipinski definition) is 4. The fourth-order valence-electron chi connectivity index (χ4n) is 2.00. The summed E-state index contributed by atoms with van der Waals surface area (Å²) >= 11 is 0. The summed E-state index contributed by atoms with van der Waals surface area (Å²) < 4.78 is 18.5. The minimum atomic E-state index is -0.512. The predicted octanol–water partition coefficient (Wildman–Crippen LogP) is 2.57. The lowest BCUT2D eigenvalue weighted by Crippen LogP contribution is -2.13. The number of ether oxygens (including phenoxy) is 1. The molecule has 3 aromatic rings. The summed E-state index contributed by atoms with van der Waals surface area (Å²) in [5, 5.41) is 6.89. The highest BCUT2D eigenvalue weighted by Crippen LogP contribution is 2.17. The largest absolute Gasteiger partial charge is 0.486 e. The third kappa shape index (κ3) is 3.29. The maximum atomic E-state index is 12.9. The highest BCUT2D eigenvalue weighted by Gasteiger charge is 2.14. The summed E-state index contributed by atoms with van der Waals surface area (Å²) in [4.78, 5) is 4.31. The van der Waals surface area contributed by atoms with Crippen LogP contribution in [0.25, 0.3) is 0 Å². The van der Waals surface area contributed by atoms with Gasteiger partial charge in [-0.05, 0) is 29.8 Å². The Labute approximate surface area is 127 Å². The molecule has 6 heteroatoms. The van der Waals surface area contributed by atoms with E-state index in [9.17, 15) is 4.39 Å². The van der Waals surface area contributed by atoms with Crippen LogP contribution >= 0.6 is 0 Å². The van der Waals surface area contributed by atoms with Crippen LogP contribution in [0.4, 0.5) is 4.39 Å². The molecule has 22 heavy (non-hydrogen) atoms. The fraction of sp³-hybridized carbons (Fsp3) is 0.125. The van der Waals surface area contributed by atoms with Crippen molar-refractivity contribution >= 4 is 0 Å². The topological polar surface area (TPSA) is 76.8 Å². The normalized spacial score (nSPS) is 12.1. The molecule has 0 saturated carbocycles. The Kier molecular flexibility index (Phi) is 4.11. The lowest BCUT2D eigenvalue weighted by atomic mass is 10.1. The second-order valence-electron chi connectivity index (χ2n) is 4.77. The molecule has 3 N–H and O–H groups in total. The molecule has 0 bridgehead atoms. The monoisotopic (exact) mass is 298 g/mol. The Bertz CT molecular complexity index is 727. The van der Waals surface area contributed by atoms with Crippen LogP contribution in [0.1, 0.15) is 23.3 Å². The second kappa shape index (κ2) is 6.36. The quantitative estimate of drug-likeness (QED) is 0.759. The van der Waals surface area contributed by atoms with E-state index in [-0.39, 0.29) is 12.4 Å². The summed E-state index contributed by atoms with van der Waals surface area (Å²) in [6, 6.07) is 14.9. The number of para-hydroxylation sites is 1. The predicted molar refractivity (Wildman–Crippen MR) is 79.6 cm³/mol. The van der Waals surface area contributed by atoms with Crippen LogP contribution in [0.15, 0.2) is 54.6 Å². The summed E-state index contributed by atoms with van der Waals surface area (Å²) in [5.41, 5.74) is 6.82. The maximum Gasteiger partial charge on any atom is 0.172 e. The van der Waals surface area contributed by atoms with E-state index in [0.29, 0.717) is 11.6 Å². The van der Waals surface area contributed by atoms with Gasteiger partial charge in [-0.25, -0.2) is 9.37 Å². The van der Waals surface area contributed by atoms with Crippen molar-refractivity contribution < 1.29 is 9.13 Å². The number of rotatable bonds is 5. The van der Waals surface area contributed by atoms with Gasteiger partial charge in [-0.3, -0.25) is 5.10 Å². The van der Waals surface area contributed by atoms with Crippen molar-refractivity contribution in [3.8, 4) is 5.75 Å². The minimum absolute atomic E-state index is 0.271. The Morgan fingerprint density at radius 2 is 1.82 bits per heavy atom. The molecule has 0 amide bonds. The number of H-pyrrole nitrogens is 1. The van der Waals surface area contributed by atoms with Gasteiger partial charge >= 0.3 is 0 Å². The number of aromatic nitrogens is 3. The molecule has 0 unspecified atom stereocenters. The average molecular weight is 298 g/mol. The molecular weight excluding hydrogens is 283 g/mol. The van der Waals surface area contributed by atoms with Crippen molar-refractivity contribution in [2.45, 2.75) is 12.6 Å². The molecule has 1 heterocycles. The van der Waals surface area contributed by atoms with Gasteiger partial charge < -0.3 is 10.5 Å². The van der Waals surface area contributed by atoms with E-state index in [1.54, 1.807) is 12.1 Å². The second-order valence-corrected chi connectivity index (χ2v) is 4.77. The molecule has 0 saturated heterocycles. The molecule has 0 aliphatic rings.